The van der Waals surface area contributed by atoms with E-state index in [1.54, 1.807) is 25.9 Å². The number of nitrogens with zero attached hydrogens (tertiary/aromatic N) is 3. The summed E-state index contributed by atoms with van der Waals surface area (Å²) >= 11 is 2.83. The van der Waals surface area contributed by atoms with E-state index in [2.05, 4.69) is 30.0 Å². The lowest BCUT2D eigenvalue weighted by Gasteiger charge is -2.17. The number of thiazole rings is 1. The molecule has 0 amide bonds. The Morgan fingerprint density at radius 1 is 1.48 bits per heavy atom. The molecule has 1 aromatic heterocycles. The number of amidine groups is 1. The highest BCUT2D eigenvalue weighted by Crippen LogP contribution is 2.32. The van der Waals surface area contributed by atoms with Crippen molar-refractivity contribution in [2.45, 2.75) is 30.8 Å². The van der Waals surface area contributed by atoms with Gasteiger partial charge in [0.2, 0.25) is 5.96 Å². The summed E-state index contributed by atoms with van der Waals surface area (Å²) in [5.74, 6) is 0.772. The normalized spacial score (nSPS) is 17.2. The summed E-state index contributed by atoms with van der Waals surface area (Å²) in [5, 5.41) is 8.28. The van der Waals surface area contributed by atoms with Gasteiger partial charge in [0, 0.05) is 49.1 Å². The highest BCUT2D eigenvalue weighted by atomic mass is 32.2. The molecule has 0 radical (unpaired) electrons. The van der Waals surface area contributed by atoms with Crippen molar-refractivity contribution in [3.05, 3.63) is 15.9 Å². The molecule has 0 saturated heterocycles. The van der Waals surface area contributed by atoms with Crippen LogP contribution in [-0.2, 0) is 10.2 Å². The number of rotatable bonds is 6. The molecule has 0 aliphatic carbocycles. The van der Waals surface area contributed by atoms with Gasteiger partial charge in [0.25, 0.3) is 10.2 Å². The summed E-state index contributed by atoms with van der Waals surface area (Å²) in [5.41, 5.74) is 0.756. The van der Waals surface area contributed by atoms with E-state index in [1.807, 2.05) is 13.8 Å². The third kappa shape index (κ3) is 8.03. The molecule has 1 heterocycles. The van der Waals surface area contributed by atoms with Crippen LogP contribution in [0.1, 0.15) is 32.6 Å². The third-order valence-corrected chi connectivity index (χ3v) is 5.50. The molecule has 5 N–H and O–H groups in total. The van der Waals surface area contributed by atoms with Gasteiger partial charge in [-0.25, -0.2) is 5.14 Å². The molecule has 0 saturated carbocycles. The minimum Gasteiger partial charge on any atom is -0.358 e. The Morgan fingerprint density at radius 2 is 2.16 bits per heavy atom. The van der Waals surface area contributed by atoms with Crippen LogP contribution in [0.3, 0.4) is 0 Å². The van der Waals surface area contributed by atoms with Crippen LogP contribution in [0.25, 0.3) is 0 Å². The van der Waals surface area contributed by atoms with Crippen LogP contribution in [0, 0.1) is 0 Å². The number of hydrogen-bond acceptors (Lipinski definition) is 6. The summed E-state index contributed by atoms with van der Waals surface area (Å²) in [6, 6.07) is 0. The Kier molecular flexibility index (Phi) is 7.93. The van der Waals surface area contributed by atoms with E-state index in [1.165, 1.54) is 18.4 Å². The molecule has 0 aromatic carbocycles. The average Bonchev–Trinajstić information content (AvgIpc) is 2.91. The highest BCUT2D eigenvalue weighted by Gasteiger charge is 2.16. The van der Waals surface area contributed by atoms with Crippen LogP contribution < -0.4 is 20.0 Å². The van der Waals surface area contributed by atoms with Crippen molar-refractivity contribution in [1.29, 1.82) is 0 Å². The molecule has 0 bridgehead atoms. The molecular formula is C13H25N7O2S3. The van der Waals surface area contributed by atoms with Crippen LogP contribution in [0.4, 0.5) is 0 Å². The van der Waals surface area contributed by atoms with Crippen molar-refractivity contribution in [1.82, 2.24) is 15.0 Å². The Labute approximate surface area is 157 Å². The second kappa shape index (κ2) is 9.94. The molecule has 0 aliphatic rings. The van der Waals surface area contributed by atoms with E-state index >= 15 is 0 Å². The molecule has 1 aromatic rings. The van der Waals surface area contributed by atoms with Crippen molar-refractivity contribution in [3.63, 3.8) is 0 Å². The largest absolute Gasteiger partial charge is 0.358 e. The van der Waals surface area contributed by atoms with Crippen LogP contribution in [-0.4, -0.2) is 51.6 Å². The number of aromatic nitrogens is 1. The maximum atomic E-state index is 11.1. The number of nitrogens with two attached hydrogens (primary N) is 1. The zero-order chi connectivity index (χ0) is 19.9. The van der Waals surface area contributed by atoms with E-state index in [-0.39, 0.29) is 10.5 Å². The maximum absolute atomic E-state index is 11.1. The topological polar surface area (TPSA) is 137 Å². The molecule has 2 atom stereocenters. The minimum absolute atomic E-state index is 0.0121. The van der Waals surface area contributed by atoms with Gasteiger partial charge in [-0.1, -0.05) is 6.92 Å². The number of nitrogens with one attached hydrogen (secondary N) is 3. The molecule has 2 unspecified atom stereocenters. The number of thioether (sulfide) groups is 1. The van der Waals surface area contributed by atoms with Gasteiger partial charge in [-0.05, 0) is 6.92 Å². The standard InChI is InChI=1S/C13H25N7O2S3/c1-8(6-11(15-3)20-25(14,21)22)24-9(2)10-7-23-13(18-10)19-12(16-4)17-5/h7-9H,6H2,1-5H3,(H,15,20)(H2,14,21,22)(H2,16,17,18,19)/i7D. The zero-order valence-corrected chi connectivity index (χ0v) is 17.3. The molecule has 0 spiro atoms. The first-order valence-corrected chi connectivity index (χ1v) is 10.7. The second-order valence-corrected chi connectivity index (χ2v) is 8.94. The van der Waals surface area contributed by atoms with Gasteiger partial charge in [-0.15, -0.1) is 23.1 Å². The molecule has 1 rings (SSSR count). The number of H-pyrrole nitrogens is 1. The fourth-order valence-corrected chi connectivity index (χ4v) is 4.41. The van der Waals surface area contributed by atoms with Gasteiger partial charge in [0.1, 0.15) is 5.84 Å². The smallest absolute Gasteiger partial charge is 0.297 e. The fourth-order valence-electron chi connectivity index (χ4n) is 1.90. The Hall–Kier alpha value is -1.37. The van der Waals surface area contributed by atoms with E-state index < -0.39 is 10.2 Å². The van der Waals surface area contributed by atoms with Gasteiger partial charge in [-0.2, -0.15) is 13.4 Å². The number of guanidine groups is 1. The summed E-state index contributed by atoms with van der Waals surface area (Å²) in [4.78, 5) is 16.0. The highest BCUT2D eigenvalue weighted by molar-refractivity contribution is 8.00. The first-order chi connectivity index (χ1) is 12.1. The summed E-state index contributed by atoms with van der Waals surface area (Å²) in [6.45, 7) is 3.94. The molecule has 142 valence electrons. The van der Waals surface area contributed by atoms with Crippen molar-refractivity contribution < 1.29 is 9.79 Å². The molecule has 0 aliphatic heterocycles. The van der Waals surface area contributed by atoms with Gasteiger partial charge in [-0.3, -0.25) is 14.7 Å². The number of aliphatic imine (C=N–C) groups is 2. The molecular weight excluding hydrogens is 382 g/mol. The molecule has 12 heteroatoms. The molecule has 0 fully saturated rings. The van der Waals surface area contributed by atoms with E-state index in [0.29, 0.717) is 28.4 Å². The second-order valence-electron chi connectivity index (χ2n) is 5.07. The van der Waals surface area contributed by atoms with Crippen LogP contribution >= 0.6 is 23.1 Å². The molecule has 25 heavy (non-hydrogen) atoms. The SMILES string of the molecule is [2H]c1s/c(=N\C(=NC)NC)[nH]c1C(C)SC(C)CC(=NC)NS(N)(=O)=O. The fraction of sp³-hybridized carbons (Fsp3) is 0.615. The lowest BCUT2D eigenvalue weighted by molar-refractivity contribution is 0.593. The van der Waals surface area contributed by atoms with Crippen molar-refractivity contribution in [3.8, 4) is 0 Å². The van der Waals surface area contributed by atoms with Gasteiger partial charge in [0.05, 0.1) is 1.37 Å². The lowest BCUT2D eigenvalue weighted by Crippen LogP contribution is -2.37. The number of hydrogen-bond donors (Lipinski definition) is 4. The monoisotopic (exact) mass is 408 g/mol. The van der Waals surface area contributed by atoms with Gasteiger partial charge < -0.3 is 10.3 Å². The predicted octanol–water partition coefficient (Wildman–Crippen LogP) is 0.576. The molecule has 9 nitrogen and oxygen atoms in total. The van der Waals surface area contributed by atoms with E-state index in [9.17, 15) is 8.42 Å². The predicted molar refractivity (Wildman–Crippen MR) is 106 cm³/mol. The first kappa shape index (κ1) is 19.9. The van der Waals surface area contributed by atoms with Gasteiger partial charge >= 0.3 is 0 Å². The van der Waals surface area contributed by atoms with E-state index in [4.69, 9.17) is 6.51 Å². The Balaban J connectivity index is 2.85. The van der Waals surface area contributed by atoms with Gasteiger partial charge in [0.15, 0.2) is 4.80 Å². The summed E-state index contributed by atoms with van der Waals surface area (Å²) in [6.07, 6.45) is 0.406. The minimum atomic E-state index is -3.84. The Morgan fingerprint density at radius 3 is 2.68 bits per heavy atom. The quantitative estimate of drug-likeness (QED) is 0.404. The Bertz CT molecular complexity index is 829. The zero-order valence-electron chi connectivity index (χ0n) is 15.8. The van der Waals surface area contributed by atoms with Crippen LogP contribution in [0.2, 0.25) is 0 Å². The van der Waals surface area contributed by atoms with Crippen LogP contribution in [0.15, 0.2) is 20.3 Å². The summed E-state index contributed by atoms with van der Waals surface area (Å²) < 4.78 is 32.6. The van der Waals surface area contributed by atoms with E-state index in [0.717, 1.165) is 5.69 Å². The van der Waals surface area contributed by atoms with Crippen molar-refractivity contribution in [2.24, 2.45) is 20.1 Å². The average molecular weight is 409 g/mol. The third-order valence-electron chi connectivity index (χ3n) is 3.00. The van der Waals surface area contributed by atoms with Crippen molar-refractivity contribution in [2.75, 3.05) is 21.1 Å². The first-order valence-electron chi connectivity index (χ1n) is 7.90. The maximum Gasteiger partial charge on any atom is 0.297 e. The summed E-state index contributed by atoms with van der Waals surface area (Å²) in [7, 11) is 1.03. The van der Waals surface area contributed by atoms with Crippen LogP contribution in [0.5, 0.6) is 0 Å². The lowest BCUT2D eigenvalue weighted by atomic mass is 10.3. The number of aromatic amines is 1. The van der Waals surface area contributed by atoms with Crippen molar-refractivity contribution >= 4 is 45.1 Å².